The molecule has 0 saturated heterocycles. The molecule has 4 aromatic rings. The van der Waals surface area contributed by atoms with Crippen molar-refractivity contribution < 1.29 is 10.5 Å². The largest absolute Gasteiger partial charge is 0.511 e. The Balaban J connectivity index is 2.24. The van der Waals surface area contributed by atoms with Crippen molar-refractivity contribution in [2.75, 3.05) is 11.9 Å². The summed E-state index contributed by atoms with van der Waals surface area (Å²) in [5.41, 5.74) is 2.18. The van der Waals surface area contributed by atoms with Crippen LogP contribution in [0.5, 0.6) is 0 Å². The first-order valence-electron chi connectivity index (χ1n) is 7.72. The van der Waals surface area contributed by atoms with Crippen molar-refractivity contribution in [1.29, 1.82) is 0 Å². The molecule has 0 bridgehead atoms. The molecule has 0 fully saturated rings. The molecule has 2 aromatic heterocycles. The van der Waals surface area contributed by atoms with Crippen LogP contribution in [0.4, 0.5) is 5.69 Å². The number of rotatable bonds is 0. The van der Waals surface area contributed by atoms with Crippen LogP contribution in [-0.4, -0.2) is 21.6 Å². The minimum absolute atomic E-state index is 0.127. The number of nitrogens with one attached hydrogen (secondary N) is 1. The predicted molar refractivity (Wildman–Crippen MR) is 91.4 cm³/mol. The van der Waals surface area contributed by atoms with Gasteiger partial charge in [-0.05, 0) is 17.5 Å². The van der Waals surface area contributed by atoms with E-state index in [0.29, 0.717) is 45.8 Å². The van der Waals surface area contributed by atoms with E-state index in [1.54, 1.807) is 12.3 Å². The fourth-order valence-corrected chi connectivity index (χ4v) is 3.61. The second-order valence-electron chi connectivity index (χ2n) is 5.98. The molecule has 0 unspecified atom stereocenters. The van der Waals surface area contributed by atoms with Gasteiger partial charge in [-0.1, -0.05) is 12.1 Å². The summed E-state index contributed by atoms with van der Waals surface area (Å²) >= 11 is 0. The van der Waals surface area contributed by atoms with Crippen LogP contribution >= 0.6 is 0 Å². The molecule has 4 N–H and O–H groups in total. The third-order valence-corrected chi connectivity index (χ3v) is 4.66. The number of pyridine rings is 2. The zero-order valence-corrected chi connectivity index (χ0v) is 12.6. The summed E-state index contributed by atoms with van der Waals surface area (Å²) in [7, 11) is 0. The lowest BCUT2D eigenvalue weighted by atomic mass is 9.99. The van der Waals surface area contributed by atoms with Crippen molar-refractivity contribution in [3.63, 3.8) is 0 Å². The van der Waals surface area contributed by atoms with Gasteiger partial charge >= 0.3 is 0 Å². The Bertz CT molecular complexity index is 1330. The van der Waals surface area contributed by atoms with Crippen molar-refractivity contribution in [2.24, 2.45) is 0 Å². The monoisotopic (exact) mass is 317 g/mol. The third-order valence-electron chi connectivity index (χ3n) is 4.66. The van der Waals surface area contributed by atoms with Crippen LogP contribution in [0.25, 0.3) is 38.5 Å². The summed E-state index contributed by atoms with van der Waals surface area (Å²) in [6, 6.07) is 6.99. The molecule has 6 heteroatoms. The highest BCUT2D eigenvalue weighted by molar-refractivity contribution is 6.20. The number of para-hydroxylation sites is 1. The van der Waals surface area contributed by atoms with E-state index in [9.17, 15) is 9.90 Å². The molecule has 0 atom stereocenters. The van der Waals surface area contributed by atoms with Gasteiger partial charge in [-0.25, -0.2) is 9.97 Å². The maximum Gasteiger partial charge on any atom is 0.236 e. The Labute approximate surface area is 134 Å². The van der Waals surface area contributed by atoms with Gasteiger partial charge in [-0.2, -0.15) is 0 Å². The van der Waals surface area contributed by atoms with E-state index >= 15 is 0 Å². The molecular weight excluding hydrogens is 304 g/mol. The molecule has 0 saturated carbocycles. The van der Waals surface area contributed by atoms with E-state index in [-0.39, 0.29) is 11.2 Å². The molecule has 2 aromatic carbocycles. The van der Waals surface area contributed by atoms with Crippen LogP contribution in [0.1, 0.15) is 6.42 Å². The predicted octanol–water partition coefficient (Wildman–Crippen LogP) is -0.405. The Hall–Kier alpha value is -3.28. The Morgan fingerprint density at radius 2 is 2.00 bits per heavy atom. The summed E-state index contributed by atoms with van der Waals surface area (Å²) in [6.07, 6.45) is 2.16. The van der Waals surface area contributed by atoms with E-state index in [4.69, 9.17) is 5.41 Å². The van der Waals surface area contributed by atoms with Crippen molar-refractivity contribution in [3.8, 4) is 0 Å². The van der Waals surface area contributed by atoms with Gasteiger partial charge in [0, 0.05) is 29.9 Å². The van der Waals surface area contributed by atoms with E-state index < -0.39 is 0 Å². The number of aliphatic hydroxyl groups is 1. The number of aliphatic hydroxyl groups excluding tert-OH is 1. The van der Waals surface area contributed by atoms with E-state index in [1.807, 2.05) is 12.1 Å². The van der Waals surface area contributed by atoms with Crippen molar-refractivity contribution in [2.45, 2.75) is 6.42 Å². The lowest BCUT2D eigenvalue weighted by Crippen LogP contribution is -2.56. The highest BCUT2D eigenvalue weighted by Gasteiger charge is 2.22. The zero-order chi connectivity index (χ0) is 16.4. The summed E-state index contributed by atoms with van der Waals surface area (Å²) in [6.45, 7) is 0.591. The summed E-state index contributed by atoms with van der Waals surface area (Å²) < 4.78 is 0. The smallest absolute Gasteiger partial charge is 0.236 e. The van der Waals surface area contributed by atoms with Gasteiger partial charge < -0.3 is 10.4 Å². The minimum Gasteiger partial charge on any atom is -0.511 e. The summed E-state index contributed by atoms with van der Waals surface area (Å²) in [5, 5.41) is 23.4. The second kappa shape index (κ2) is 4.38. The number of fused-ring (bicyclic) bond motifs is 4. The van der Waals surface area contributed by atoms with Crippen molar-refractivity contribution in [3.05, 3.63) is 51.3 Å². The van der Waals surface area contributed by atoms with Gasteiger partial charge in [-0.15, -0.1) is 0 Å². The van der Waals surface area contributed by atoms with Gasteiger partial charge in [0.05, 0.1) is 11.2 Å². The molecule has 0 amide bonds. The Morgan fingerprint density at radius 3 is 2.88 bits per heavy atom. The number of anilines is 1. The molecular formula is C18H13N4O2+. The number of nitrogens with zero attached hydrogens (tertiary/aromatic N) is 2. The molecule has 1 aliphatic heterocycles. The number of hydrogen-bond donors (Lipinski definition) is 3. The van der Waals surface area contributed by atoms with Gasteiger partial charge in [0.15, 0.2) is 0 Å². The molecule has 0 spiro atoms. The van der Waals surface area contributed by atoms with Crippen LogP contribution < -0.4 is 26.7 Å². The number of benzene rings is 2. The molecule has 24 heavy (non-hydrogen) atoms. The van der Waals surface area contributed by atoms with Crippen LogP contribution in [0, 0.1) is 0 Å². The summed E-state index contributed by atoms with van der Waals surface area (Å²) in [4.78, 5) is 21.3. The van der Waals surface area contributed by atoms with Crippen molar-refractivity contribution in [1.82, 2.24) is 9.97 Å². The minimum atomic E-state index is -0.127. The first kappa shape index (κ1) is 13.2. The molecule has 0 radical (unpaired) electrons. The highest BCUT2D eigenvalue weighted by atomic mass is 16.3. The standard InChI is InChI=1S/C18H12N4O2/c19-14-13-10(23)5-7-21-17(13)18-12-8(4-6-20-16(12)14)9-2-1-3-11(24)15(9)22-18/h1-4,6,19,21,23H,5,7H2/p+1. The highest BCUT2D eigenvalue weighted by Crippen LogP contribution is 2.31. The first-order valence-corrected chi connectivity index (χ1v) is 7.72. The molecule has 6 nitrogen and oxygen atoms in total. The SMILES string of the molecule is [NH2+]=c1c2c(c3nc4c(=O)cccc4c4ccnc1c34)NCCC=2O. The fraction of sp³-hybridized carbons (Fsp3) is 0.111. The average molecular weight is 317 g/mol. The van der Waals surface area contributed by atoms with Gasteiger partial charge in [0.25, 0.3) is 0 Å². The molecule has 116 valence electrons. The average Bonchev–Trinajstić information content (AvgIpc) is 2.59. The topological polar surface area (TPSA) is 101 Å². The van der Waals surface area contributed by atoms with E-state index in [2.05, 4.69) is 15.3 Å². The maximum absolute atomic E-state index is 12.3. The van der Waals surface area contributed by atoms with Crippen LogP contribution in [0.3, 0.4) is 0 Å². The van der Waals surface area contributed by atoms with Crippen LogP contribution in [-0.2, 0) is 0 Å². The number of aromatic nitrogens is 2. The van der Waals surface area contributed by atoms with Crippen LogP contribution in [0.15, 0.2) is 35.3 Å². The Morgan fingerprint density at radius 1 is 1.12 bits per heavy atom. The Kier molecular flexibility index (Phi) is 2.41. The molecule has 0 aliphatic carbocycles. The van der Waals surface area contributed by atoms with E-state index in [0.717, 1.165) is 16.2 Å². The lowest BCUT2D eigenvalue weighted by Gasteiger charge is -2.17. The maximum atomic E-state index is 12.3. The quantitative estimate of drug-likeness (QED) is 0.302. The molecule has 3 heterocycles. The first-order chi connectivity index (χ1) is 11.7. The number of nitrogens with two attached hydrogens (primary N) is 1. The van der Waals surface area contributed by atoms with E-state index in [1.165, 1.54) is 6.07 Å². The normalized spacial score (nSPS) is 14.2. The zero-order valence-electron chi connectivity index (χ0n) is 12.6. The third kappa shape index (κ3) is 1.49. The molecule has 1 aliphatic rings. The van der Waals surface area contributed by atoms with Gasteiger partial charge in [0.1, 0.15) is 22.0 Å². The summed E-state index contributed by atoms with van der Waals surface area (Å²) in [5.74, 6) is 0.225. The molecule has 5 rings (SSSR count). The van der Waals surface area contributed by atoms with Crippen molar-refractivity contribution >= 4 is 44.2 Å². The van der Waals surface area contributed by atoms with Gasteiger partial charge in [-0.3, -0.25) is 10.2 Å². The lowest BCUT2D eigenvalue weighted by molar-refractivity contribution is -0.171. The fourth-order valence-electron chi connectivity index (χ4n) is 3.61. The second-order valence-corrected chi connectivity index (χ2v) is 5.98. The van der Waals surface area contributed by atoms with Gasteiger partial charge in [0.2, 0.25) is 10.8 Å². The van der Waals surface area contributed by atoms with Crippen LogP contribution in [0.2, 0.25) is 0 Å². The number of hydrogen-bond acceptors (Lipinski definition) is 5.